The number of fused-ring (bicyclic) bond motifs is 1. The first-order valence-corrected chi connectivity index (χ1v) is 14.6. The number of carbonyl (C=O) groups excluding carboxylic acids is 2. The lowest BCUT2D eigenvalue weighted by Crippen LogP contribution is -2.17. The number of thioether (sulfide) groups is 1. The number of benzene rings is 1. The van der Waals surface area contributed by atoms with Gasteiger partial charge >= 0.3 is 5.97 Å². The molecule has 1 amide bonds. The van der Waals surface area contributed by atoms with Crippen LogP contribution in [0.25, 0.3) is 0 Å². The van der Waals surface area contributed by atoms with Crippen molar-refractivity contribution in [3.8, 4) is 5.75 Å². The van der Waals surface area contributed by atoms with Crippen molar-refractivity contribution < 1.29 is 19.1 Å². The van der Waals surface area contributed by atoms with Crippen LogP contribution in [0, 0.1) is 13.8 Å². The number of carbonyl (C=O) groups is 2. The number of hydrogen-bond donors (Lipinski definition) is 1. The summed E-state index contributed by atoms with van der Waals surface area (Å²) in [5.41, 5.74) is 3.77. The summed E-state index contributed by atoms with van der Waals surface area (Å²) in [5.74, 6) is 1.14. The van der Waals surface area contributed by atoms with Crippen molar-refractivity contribution in [3.63, 3.8) is 0 Å². The average molecular weight is 543 g/mol. The van der Waals surface area contributed by atoms with Crippen molar-refractivity contribution in [1.82, 2.24) is 14.8 Å². The number of rotatable bonds is 10. The molecule has 8 nitrogen and oxygen atoms in total. The van der Waals surface area contributed by atoms with E-state index in [1.54, 1.807) is 6.92 Å². The first-order valence-electron chi connectivity index (χ1n) is 12.8. The second-order valence-electron chi connectivity index (χ2n) is 9.03. The van der Waals surface area contributed by atoms with E-state index in [0.29, 0.717) is 41.3 Å². The monoisotopic (exact) mass is 542 g/mol. The smallest absolute Gasteiger partial charge is 0.341 e. The molecule has 0 saturated heterocycles. The van der Waals surface area contributed by atoms with Gasteiger partial charge in [0.2, 0.25) is 5.91 Å². The minimum Gasteiger partial charge on any atom is -0.485 e. The Hall–Kier alpha value is -2.85. The van der Waals surface area contributed by atoms with Crippen LogP contribution >= 0.6 is 23.1 Å². The second-order valence-corrected chi connectivity index (χ2v) is 11.1. The molecule has 1 N–H and O–H groups in total. The van der Waals surface area contributed by atoms with Gasteiger partial charge < -0.3 is 19.4 Å². The molecular weight excluding hydrogens is 508 g/mol. The molecule has 0 atom stereocenters. The predicted molar refractivity (Wildman–Crippen MR) is 147 cm³/mol. The van der Waals surface area contributed by atoms with Gasteiger partial charge in [-0.3, -0.25) is 4.79 Å². The summed E-state index contributed by atoms with van der Waals surface area (Å²) in [5, 5.41) is 12.8. The number of aromatic nitrogens is 3. The van der Waals surface area contributed by atoms with Crippen LogP contribution in [0.5, 0.6) is 5.75 Å². The van der Waals surface area contributed by atoms with E-state index in [4.69, 9.17) is 9.47 Å². The fourth-order valence-electron chi connectivity index (χ4n) is 4.40. The SMILES string of the molecule is CCOC(=O)c1c(NC(=O)CSc2nnc(COc3cc(C)ccc3C)n2CC)sc2c1CCCCC2. The summed E-state index contributed by atoms with van der Waals surface area (Å²) < 4.78 is 13.3. The molecule has 4 rings (SSSR count). The highest BCUT2D eigenvalue weighted by Gasteiger charge is 2.27. The maximum Gasteiger partial charge on any atom is 0.341 e. The Labute approximate surface area is 226 Å². The Morgan fingerprint density at radius 3 is 2.73 bits per heavy atom. The van der Waals surface area contributed by atoms with E-state index < -0.39 is 0 Å². The van der Waals surface area contributed by atoms with E-state index in [0.717, 1.165) is 54.5 Å². The van der Waals surface area contributed by atoms with Crippen molar-refractivity contribution in [2.75, 3.05) is 17.7 Å². The van der Waals surface area contributed by atoms with E-state index in [-0.39, 0.29) is 17.6 Å². The Bertz CT molecular complexity index is 1270. The fourth-order valence-corrected chi connectivity index (χ4v) is 6.51. The van der Waals surface area contributed by atoms with E-state index in [1.165, 1.54) is 28.0 Å². The van der Waals surface area contributed by atoms with Gasteiger partial charge in [0.05, 0.1) is 17.9 Å². The molecule has 1 aliphatic rings. The first-order chi connectivity index (χ1) is 17.9. The highest BCUT2D eigenvalue weighted by atomic mass is 32.2. The van der Waals surface area contributed by atoms with E-state index in [9.17, 15) is 9.59 Å². The van der Waals surface area contributed by atoms with Gasteiger partial charge in [0.15, 0.2) is 11.0 Å². The number of nitrogens with one attached hydrogen (secondary N) is 1. The van der Waals surface area contributed by atoms with Crippen molar-refractivity contribution in [2.45, 2.75) is 78.1 Å². The number of amides is 1. The van der Waals surface area contributed by atoms with Gasteiger partial charge in [0.25, 0.3) is 0 Å². The second kappa shape index (κ2) is 12.6. The normalized spacial score (nSPS) is 13.1. The molecule has 0 fully saturated rings. The van der Waals surface area contributed by atoms with Crippen LogP contribution in [-0.4, -0.2) is 39.0 Å². The van der Waals surface area contributed by atoms with Gasteiger partial charge in [0.1, 0.15) is 17.4 Å². The average Bonchev–Trinajstić information content (AvgIpc) is 3.35. The number of nitrogens with zero attached hydrogens (tertiary/aromatic N) is 3. The number of ether oxygens (including phenoxy) is 2. The molecule has 0 radical (unpaired) electrons. The van der Waals surface area contributed by atoms with Gasteiger partial charge in [-0.15, -0.1) is 21.5 Å². The van der Waals surface area contributed by atoms with Gasteiger partial charge in [-0.1, -0.05) is 30.3 Å². The topological polar surface area (TPSA) is 95.3 Å². The maximum absolute atomic E-state index is 12.9. The molecule has 37 heavy (non-hydrogen) atoms. The molecule has 0 spiro atoms. The fraction of sp³-hybridized carbons (Fsp3) is 0.481. The lowest BCUT2D eigenvalue weighted by atomic mass is 10.1. The first kappa shape index (κ1) is 27.2. The van der Waals surface area contributed by atoms with Crippen LogP contribution in [0.15, 0.2) is 23.4 Å². The quantitative estimate of drug-likeness (QED) is 0.199. The van der Waals surface area contributed by atoms with Crippen LogP contribution in [0.4, 0.5) is 5.00 Å². The zero-order chi connectivity index (χ0) is 26.4. The standard InChI is InChI=1S/C27H34N4O4S2/c1-5-31-22(15-35-20-14-17(3)12-13-18(20)4)29-30-27(31)36-16-23(32)28-25-24(26(33)34-6-2)19-10-8-7-9-11-21(19)37-25/h12-14H,5-11,15-16H2,1-4H3,(H,28,32). The van der Waals surface area contributed by atoms with Crippen molar-refractivity contribution in [3.05, 3.63) is 51.2 Å². The molecule has 0 bridgehead atoms. The minimum absolute atomic E-state index is 0.154. The molecule has 0 saturated carbocycles. The van der Waals surface area contributed by atoms with E-state index >= 15 is 0 Å². The Balaban J connectivity index is 1.42. The van der Waals surface area contributed by atoms with E-state index in [1.807, 2.05) is 37.5 Å². The van der Waals surface area contributed by atoms with Gasteiger partial charge in [-0.2, -0.15) is 0 Å². The number of esters is 1. The van der Waals surface area contributed by atoms with Crippen LogP contribution in [0.3, 0.4) is 0 Å². The summed E-state index contributed by atoms with van der Waals surface area (Å²) in [6, 6.07) is 6.10. The van der Waals surface area contributed by atoms with Gasteiger partial charge in [0, 0.05) is 11.4 Å². The van der Waals surface area contributed by atoms with Crippen molar-refractivity contribution in [2.24, 2.45) is 0 Å². The zero-order valence-electron chi connectivity index (χ0n) is 21.9. The van der Waals surface area contributed by atoms with Crippen LogP contribution < -0.4 is 10.1 Å². The Kier molecular flexibility index (Phi) is 9.26. The third-order valence-corrected chi connectivity index (χ3v) is 8.47. The summed E-state index contributed by atoms with van der Waals surface area (Å²) in [6.07, 6.45) is 5.07. The largest absolute Gasteiger partial charge is 0.485 e. The molecule has 2 heterocycles. The molecule has 0 aliphatic heterocycles. The van der Waals surface area contributed by atoms with Crippen molar-refractivity contribution >= 4 is 40.0 Å². The lowest BCUT2D eigenvalue weighted by molar-refractivity contribution is -0.113. The molecule has 2 aromatic heterocycles. The van der Waals surface area contributed by atoms with E-state index in [2.05, 4.69) is 21.6 Å². The highest BCUT2D eigenvalue weighted by Crippen LogP contribution is 2.38. The predicted octanol–water partition coefficient (Wildman–Crippen LogP) is 5.73. The summed E-state index contributed by atoms with van der Waals surface area (Å²) in [7, 11) is 0. The molecule has 198 valence electrons. The number of aryl methyl sites for hydroxylation is 3. The van der Waals surface area contributed by atoms with Crippen LogP contribution in [-0.2, 0) is 35.5 Å². The van der Waals surface area contributed by atoms with Crippen molar-refractivity contribution in [1.29, 1.82) is 0 Å². The Morgan fingerprint density at radius 1 is 1.14 bits per heavy atom. The zero-order valence-corrected chi connectivity index (χ0v) is 23.5. The summed E-state index contributed by atoms with van der Waals surface area (Å²) >= 11 is 2.83. The molecule has 1 aromatic carbocycles. The number of thiophene rings is 1. The highest BCUT2D eigenvalue weighted by molar-refractivity contribution is 7.99. The third-order valence-electron chi connectivity index (χ3n) is 6.30. The molecule has 3 aromatic rings. The van der Waals surface area contributed by atoms with Gasteiger partial charge in [-0.25, -0.2) is 4.79 Å². The molecular formula is C27H34N4O4S2. The maximum atomic E-state index is 12.9. The third kappa shape index (κ3) is 6.54. The minimum atomic E-state index is -0.357. The molecule has 1 aliphatic carbocycles. The number of hydrogen-bond acceptors (Lipinski definition) is 8. The number of anilines is 1. The molecule has 0 unspecified atom stereocenters. The molecule has 10 heteroatoms. The Morgan fingerprint density at radius 2 is 1.95 bits per heavy atom. The lowest BCUT2D eigenvalue weighted by Gasteiger charge is -2.11. The summed E-state index contributed by atoms with van der Waals surface area (Å²) in [4.78, 5) is 26.9. The van der Waals surface area contributed by atoms with Crippen LogP contribution in [0.2, 0.25) is 0 Å². The van der Waals surface area contributed by atoms with Crippen LogP contribution in [0.1, 0.15) is 70.9 Å². The summed E-state index contributed by atoms with van der Waals surface area (Å²) in [6.45, 7) is 9.10. The van der Waals surface area contributed by atoms with Gasteiger partial charge in [-0.05, 0) is 76.1 Å².